The second-order valence-electron chi connectivity index (χ2n) is 3.02. The van der Waals surface area contributed by atoms with Crippen molar-refractivity contribution in [2.45, 2.75) is 17.5 Å². The van der Waals surface area contributed by atoms with Gasteiger partial charge in [0.1, 0.15) is 0 Å². The normalized spacial score (nSPS) is 10.9. The summed E-state index contributed by atoms with van der Waals surface area (Å²) in [6.45, 7) is 1.20. The van der Waals surface area contributed by atoms with Crippen molar-refractivity contribution in [1.29, 1.82) is 0 Å². The molecule has 0 radical (unpaired) electrons. The van der Waals surface area contributed by atoms with E-state index in [-0.39, 0.29) is 0 Å². The highest BCUT2D eigenvalue weighted by molar-refractivity contribution is 9.11. The summed E-state index contributed by atoms with van der Waals surface area (Å²) in [6, 6.07) is 2.11. The van der Waals surface area contributed by atoms with Crippen LogP contribution in [0.2, 0.25) is 0 Å². The number of aromatic nitrogens is 4. The standard InChI is InChI=1S/C8H10BrN5S2/c9-7-3-6(4-15-7)5-16-8-11-12-13-14(8)2-1-10/h3-4H,1-2,5,10H2. The van der Waals surface area contributed by atoms with Crippen molar-refractivity contribution in [1.82, 2.24) is 20.2 Å². The Morgan fingerprint density at radius 3 is 3.12 bits per heavy atom. The third-order valence-electron chi connectivity index (χ3n) is 1.83. The van der Waals surface area contributed by atoms with Crippen LogP contribution < -0.4 is 5.73 Å². The van der Waals surface area contributed by atoms with Gasteiger partial charge in [0, 0.05) is 12.3 Å². The molecule has 0 spiro atoms. The molecule has 5 nitrogen and oxygen atoms in total. The molecule has 2 N–H and O–H groups in total. The van der Waals surface area contributed by atoms with Gasteiger partial charge in [-0.3, -0.25) is 0 Å². The van der Waals surface area contributed by atoms with Gasteiger partial charge < -0.3 is 5.73 Å². The smallest absolute Gasteiger partial charge is 0.209 e. The summed E-state index contributed by atoms with van der Waals surface area (Å²) in [4.78, 5) is 0. The van der Waals surface area contributed by atoms with E-state index in [4.69, 9.17) is 5.73 Å². The number of hydrogen-bond acceptors (Lipinski definition) is 6. The Bertz CT molecular complexity index is 455. The molecule has 2 rings (SSSR count). The minimum atomic E-state index is 0.544. The molecular weight excluding hydrogens is 310 g/mol. The van der Waals surface area contributed by atoms with E-state index in [9.17, 15) is 0 Å². The maximum atomic E-state index is 5.47. The molecule has 0 aliphatic rings. The van der Waals surface area contributed by atoms with Crippen LogP contribution in [0.1, 0.15) is 5.56 Å². The SMILES string of the molecule is NCCn1nnnc1SCc1csc(Br)c1. The number of thioether (sulfide) groups is 1. The molecule has 0 aliphatic carbocycles. The molecule has 0 atom stereocenters. The monoisotopic (exact) mass is 319 g/mol. The lowest BCUT2D eigenvalue weighted by Crippen LogP contribution is -2.12. The van der Waals surface area contributed by atoms with Crippen LogP contribution >= 0.6 is 39.0 Å². The van der Waals surface area contributed by atoms with E-state index >= 15 is 0 Å². The Hall–Kier alpha value is -0.440. The minimum absolute atomic E-state index is 0.544. The Labute approximate surface area is 110 Å². The minimum Gasteiger partial charge on any atom is -0.329 e. The van der Waals surface area contributed by atoms with Crippen LogP contribution in [0.5, 0.6) is 0 Å². The Kier molecular flexibility index (Phi) is 4.33. The number of rotatable bonds is 5. The van der Waals surface area contributed by atoms with Crippen molar-refractivity contribution >= 4 is 39.0 Å². The van der Waals surface area contributed by atoms with Gasteiger partial charge >= 0.3 is 0 Å². The number of nitrogens with two attached hydrogens (primary N) is 1. The molecule has 2 aromatic heterocycles. The lowest BCUT2D eigenvalue weighted by molar-refractivity contribution is 0.557. The predicted molar refractivity (Wildman–Crippen MR) is 68.5 cm³/mol. The zero-order valence-electron chi connectivity index (χ0n) is 8.34. The van der Waals surface area contributed by atoms with Gasteiger partial charge in [-0.1, -0.05) is 11.8 Å². The number of halogens is 1. The van der Waals surface area contributed by atoms with Crippen molar-refractivity contribution in [3.63, 3.8) is 0 Å². The van der Waals surface area contributed by atoms with Crippen LogP contribution in [0.3, 0.4) is 0 Å². The molecule has 0 saturated heterocycles. The van der Waals surface area contributed by atoms with Crippen LogP contribution in [0, 0.1) is 0 Å². The largest absolute Gasteiger partial charge is 0.329 e. The maximum absolute atomic E-state index is 5.47. The van der Waals surface area contributed by atoms with Gasteiger partial charge in [0.2, 0.25) is 5.16 Å². The quantitative estimate of drug-likeness (QED) is 0.850. The van der Waals surface area contributed by atoms with Gasteiger partial charge in [-0.15, -0.1) is 16.4 Å². The second-order valence-corrected chi connectivity index (χ2v) is 6.25. The average Bonchev–Trinajstić information content (AvgIpc) is 2.85. The van der Waals surface area contributed by atoms with Gasteiger partial charge in [-0.2, -0.15) is 0 Å². The third-order valence-corrected chi connectivity index (χ3v) is 4.41. The first-order valence-corrected chi connectivity index (χ1v) is 7.27. The first-order valence-electron chi connectivity index (χ1n) is 4.61. The van der Waals surface area contributed by atoms with Crippen LogP contribution in [0.15, 0.2) is 20.4 Å². The molecule has 2 heterocycles. The van der Waals surface area contributed by atoms with E-state index in [0.717, 1.165) is 14.7 Å². The molecule has 0 aliphatic heterocycles. The maximum Gasteiger partial charge on any atom is 0.209 e. The van der Waals surface area contributed by atoms with Crippen LogP contribution in [-0.4, -0.2) is 26.8 Å². The number of tetrazole rings is 1. The molecule has 0 fully saturated rings. The fourth-order valence-electron chi connectivity index (χ4n) is 1.13. The zero-order chi connectivity index (χ0) is 11.4. The van der Waals surface area contributed by atoms with E-state index in [1.165, 1.54) is 5.56 Å². The predicted octanol–water partition coefficient (Wildman–Crippen LogP) is 1.75. The topological polar surface area (TPSA) is 69.6 Å². The molecule has 0 bridgehead atoms. The first kappa shape index (κ1) is 12.0. The van der Waals surface area contributed by atoms with E-state index in [1.54, 1.807) is 27.8 Å². The first-order chi connectivity index (χ1) is 7.79. The number of nitrogens with zero attached hydrogens (tertiary/aromatic N) is 4. The fourth-order valence-corrected chi connectivity index (χ4v) is 3.28. The highest BCUT2D eigenvalue weighted by Gasteiger charge is 2.06. The van der Waals surface area contributed by atoms with Gasteiger partial charge in [0.25, 0.3) is 0 Å². The van der Waals surface area contributed by atoms with Crippen LogP contribution in [-0.2, 0) is 12.3 Å². The molecule has 16 heavy (non-hydrogen) atoms. The second kappa shape index (κ2) is 5.76. The van der Waals surface area contributed by atoms with E-state index in [2.05, 4.69) is 42.9 Å². The zero-order valence-corrected chi connectivity index (χ0v) is 11.6. The lowest BCUT2D eigenvalue weighted by atomic mass is 10.4. The average molecular weight is 320 g/mol. The third kappa shape index (κ3) is 3.03. The lowest BCUT2D eigenvalue weighted by Gasteiger charge is -2.00. The summed E-state index contributed by atoms with van der Waals surface area (Å²) in [7, 11) is 0. The Balaban J connectivity index is 1.96. The highest BCUT2D eigenvalue weighted by Crippen LogP contribution is 2.26. The molecule has 0 aromatic carbocycles. The molecule has 0 saturated carbocycles. The molecular formula is C8H10BrN5S2. The molecule has 2 aromatic rings. The summed E-state index contributed by atoms with van der Waals surface area (Å²) in [5, 5.41) is 14.4. The van der Waals surface area contributed by atoms with E-state index in [1.807, 2.05) is 0 Å². The van der Waals surface area contributed by atoms with Crippen molar-refractivity contribution < 1.29 is 0 Å². The summed E-state index contributed by atoms with van der Waals surface area (Å²) in [5.74, 6) is 0.868. The Morgan fingerprint density at radius 1 is 1.56 bits per heavy atom. The molecule has 86 valence electrons. The number of thiophene rings is 1. The van der Waals surface area contributed by atoms with Crippen molar-refractivity contribution in [3.8, 4) is 0 Å². The highest BCUT2D eigenvalue weighted by atomic mass is 79.9. The van der Waals surface area contributed by atoms with Gasteiger partial charge in [-0.25, -0.2) is 4.68 Å². The summed E-state index contributed by atoms with van der Waals surface area (Å²) >= 11 is 6.74. The van der Waals surface area contributed by atoms with Crippen molar-refractivity contribution in [2.75, 3.05) is 6.54 Å². The summed E-state index contributed by atoms with van der Waals surface area (Å²) in [5.41, 5.74) is 6.74. The van der Waals surface area contributed by atoms with Crippen molar-refractivity contribution in [2.24, 2.45) is 5.73 Å². The van der Waals surface area contributed by atoms with E-state index < -0.39 is 0 Å². The van der Waals surface area contributed by atoms with Gasteiger partial charge in [0.05, 0.1) is 10.3 Å². The van der Waals surface area contributed by atoms with Crippen molar-refractivity contribution in [3.05, 3.63) is 20.8 Å². The summed E-state index contributed by atoms with van der Waals surface area (Å²) in [6.07, 6.45) is 0. The Morgan fingerprint density at radius 2 is 2.44 bits per heavy atom. The molecule has 0 unspecified atom stereocenters. The number of hydrogen-bond donors (Lipinski definition) is 1. The molecule has 8 heteroatoms. The summed E-state index contributed by atoms with van der Waals surface area (Å²) < 4.78 is 2.87. The van der Waals surface area contributed by atoms with Gasteiger partial charge in [-0.05, 0) is 43.4 Å². The van der Waals surface area contributed by atoms with Crippen LogP contribution in [0.4, 0.5) is 0 Å². The van der Waals surface area contributed by atoms with E-state index in [0.29, 0.717) is 13.1 Å². The molecule has 0 amide bonds. The fraction of sp³-hybridized carbons (Fsp3) is 0.375. The van der Waals surface area contributed by atoms with Crippen LogP contribution in [0.25, 0.3) is 0 Å². The van der Waals surface area contributed by atoms with Gasteiger partial charge in [0.15, 0.2) is 0 Å².